The predicted octanol–water partition coefficient (Wildman–Crippen LogP) is 1.32. The summed E-state index contributed by atoms with van der Waals surface area (Å²) in [4.78, 5) is 20.1. The summed E-state index contributed by atoms with van der Waals surface area (Å²) in [5.74, 6) is 0.739. The maximum atomic E-state index is 11.6. The highest BCUT2D eigenvalue weighted by Gasteiger charge is 2.15. The molecule has 0 aliphatic heterocycles. The van der Waals surface area contributed by atoms with Crippen molar-refractivity contribution in [2.24, 2.45) is 5.73 Å². The first-order chi connectivity index (χ1) is 10.2. The topological polar surface area (TPSA) is 99.8 Å². The zero-order chi connectivity index (χ0) is 14.8. The van der Waals surface area contributed by atoms with E-state index in [9.17, 15) is 4.79 Å². The minimum absolute atomic E-state index is 0.430. The number of primary amides is 1. The van der Waals surface area contributed by atoms with Crippen LogP contribution in [0.1, 0.15) is 29.1 Å². The predicted molar refractivity (Wildman–Crippen MR) is 75.6 cm³/mol. The van der Waals surface area contributed by atoms with Crippen molar-refractivity contribution in [1.82, 2.24) is 19.7 Å². The normalized spacial score (nSPS) is 11.1. The number of aryl methyl sites for hydroxylation is 3. The van der Waals surface area contributed by atoms with Gasteiger partial charge in [0.15, 0.2) is 5.82 Å². The third-order valence-corrected chi connectivity index (χ3v) is 3.28. The van der Waals surface area contributed by atoms with Crippen molar-refractivity contribution >= 4 is 16.9 Å². The van der Waals surface area contributed by atoms with Crippen molar-refractivity contribution in [2.45, 2.75) is 26.3 Å². The van der Waals surface area contributed by atoms with E-state index < -0.39 is 5.91 Å². The highest BCUT2D eigenvalue weighted by atomic mass is 16.5. The van der Waals surface area contributed by atoms with Crippen LogP contribution in [0.3, 0.4) is 0 Å². The van der Waals surface area contributed by atoms with Crippen molar-refractivity contribution in [3.05, 3.63) is 41.8 Å². The summed E-state index contributed by atoms with van der Waals surface area (Å²) in [5, 5.41) is 4.73. The van der Waals surface area contributed by atoms with Gasteiger partial charge in [-0.2, -0.15) is 4.98 Å². The van der Waals surface area contributed by atoms with Crippen molar-refractivity contribution in [1.29, 1.82) is 0 Å². The Morgan fingerprint density at radius 3 is 3.05 bits per heavy atom. The number of hydrogen-bond donors (Lipinski definition) is 1. The fraction of sp³-hybridized carbons (Fsp3) is 0.286. The first-order valence-corrected chi connectivity index (χ1v) is 6.74. The highest BCUT2D eigenvalue weighted by Crippen LogP contribution is 2.18. The standard InChI is InChI=1S/C14H15N5O2/c1-2-11-17-12(21-18-11)5-7-19-10(13(15)20)8-9-4-3-6-16-14(9)19/h3-4,6,8H,2,5,7H2,1H3,(H2,15,20). The van der Waals surface area contributed by atoms with Crippen LogP contribution in [0.4, 0.5) is 0 Å². The molecule has 0 aliphatic carbocycles. The molecule has 0 aromatic carbocycles. The summed E-state index contributed by atoms with van der Waals surface area (Å²) >= 11 is 0. The van der Waals surface area contributed by atoms with Gasteiger partial charge in [-0.1, -0.05) is 12.1 Å². The molecule has 0 saturated heterocycles. The molecule has 3 aromatic rings. The van der Waals surface area contributed by atoms with E-state index >= 15 is 0 Å². The first kappa shape index (κ1) is 13.3. The molecule has 1 amide bonds. The maximum absolute atomic E-state index is 11.6. The van der Waals surface area contributed by atoms with Gasteiger partial charge in [0.05, 0.1) is 0 Å². The second-order valence-electron chi connectivity index (χ2n) is 4.67. The van der Waals surface area contributed by atoms with Crippen LogP contribution in [-0.4, -0.2) is 25.6 Å². The lowest BCUT2D eigenvalue weighted by atomic mass is 10.3. The van der Waals surface area contributed by atoms with Crippen molar-refractivity contribution in [3.63, 3.8) is 0 Å². The van der Waals surface area contributed by atoms with Crippen molar-refractivity contribution in [3.8, 4) is 0 Å². The van der Waals surface area contributed by atoms with Crippen LogP contribution in [0.2, 0.25) is 0 Å². The second-order valence-corrected chi connectivity index (χ2v) is 4.67. The molecule has 0 spiro atoms. The molecular weight excluding hydrogens is 270 g/mol. The SMILES string of the molecule is CCc1noc(CCn2c(C(N)=O)cc3cccnc32)n1. The van der Waals surface area contributed by atoms with Crippen LogP contribution in [0.15, 0.2) is 28.9 Å². The van der Waals surface area contributed by atoms with E-state index in [-0.39, 0.29) is 0 Å². The Bertz CT molecular complexity index is 790. The molecule has 2 N–H and O–H groups in total. The summed E-state index contributed by atoms with van der Waals surface area (Å²) in [7, 11) is 0. The number of pyridine rings is 1. The van der Waals surface area contributed by atoms with Crippen LogP contribution in [0.25, 0.3) is 11.0 Å². The Morgan fingerprint density at radius 1 is 1.48 bits per heavy atom. The van der Waals surface area contributed by atoms with Gasteiger partial charge in [0, 0.05) is 31.0 Å². The Kier molecular flexibility index (Phi) is 3.39. The zero-order valence-corrected chi connectivity index (χ0v) is 11.6. The molecule has 0 aliphatic rings. The number of hydrogen-bond acceptors (Lipinski definition) is 5. The molecule has 0 saturated carbocycles. The van der Waals surface area contributed by atoms with Gasteiger partial charge in [-0.15, -0.1) is 0 Å². The van der Waals surface area contributed by atoms with Crippen LogP contribution < -0.4 is 5.73 Å². The van der Waals surface area contributed by atoms with E-state index in [0.29, 0.717) is 30.4 Å². The van der Waals surface area contributed by atoms with Gasteiger partial charge in [-0.05, 0) is 18.2 Å². The largest absolute Gasteiger partial charge is 0.364 e. The lowest BCUT2D eigenvalue weighted by Gasteiger charge is -2.05. The third kappa shape index (κ3) is 2.49. The number of nitrogens with two attached hydrogens (primary N) is 1. The molecule has 7 nitrogen and oxygen atoms in total. The van der Waals surface area contributed by atoms with Gasteiger partial charge in [0.1, 0.15) is 11.3 Å². The maximum Gasteiger partial charge on any atom is 0.265 e. The molecule has 0 atom stereocenters. The molecule has 0 bridgehead atoms. The van der Waals surface area contributed by atoms with Crippen molar-refractivity contribution < 1.29 is 9.32 Å². The van der Waals surface area contributed by atoms with Gasteiger partial charge < -0.3 is 14.8 Å². The number of carbonyl (C=O) groups is 1. The van der Waals surface area contributed by atoms with Gasteiger partial charge >= 0.3 is 0 Å². The molecule has 108 valence electrons. The third-order valence-electron chi connectivity index (χ3n) is 3.28. The summed E-state index contributed by atoms with van der Waals surface area (Å²) in [5.41, 5.74) is 6.59. The van der Waals surface area contributed by atoms with E-state index in [4.69, 9.17) is 10.3 Å². The number of rotatable bonds is 5. The fourth-order valence-electron chi connectivity index (χ4n) is 2.26. The first-order valence-electron chi connectivity index (χ1n) is 6.74. The average molecular weight is 285 g/mol. The smallest absolute Gasteiger partial charge is 0.265 e. The zero-order valence-electron chi connectivity index (χ0n) is 11.6. The Balaban J connectivity index is 1.91. The Labute approximate surface area is 120 Å². The van der Waals surface area contributed by atoms with Gasteiger partial charge in [0.25, 0.3) is 5.91 Å². The molecule has 21 heavy (non-hydrogen) atoms. The minimum Gasteiger partial charge on any atom is -0.364 e. The van der Waals surface area contributed by atoms with Crippen LogP contribution in [-0.2, 0) is 19.4 Å². The second kappa shape index (κ2) is 5.35. The van der Waals surface area contributed by atoms with Crippen molar-refractivity contribution in [2.75, 3.05) is 0 Å². The lowest BCUT2D eigenvalue weighted by molar-refractivity contribution is 0.0991. The van der Waals surface area contributed by atoms with Gasteiger partial charge in [0.2, 0.25) is 5.89 Å². The molecule has 3 heterocycles. The Morgan fingerprint density at radius 2 is 2.33 bits per heavy atom. The number of aromatic nitrogens is 4. The monoisotopic (exact) mass is 285 g/mol. The summed E-state index contributed by atoms with van der Waals surface area (Å²) in [6.07, 6.45) is 2.93. The van der Waals surface area contributed by atoms with E-state index in [0.717, 1.165) is 17.5 Å². The van der Waals surface area contributed by atoms with E-state index in [1.807, 2.05) is 19.1 Å². The fourth-order valence-corrected chi connectivity index (χ4v) is 2.26. The molecule has 0 radical (unpaired) electrons. The van der Waals surface area contributed by atoms with E-state index in [1.165, 1.54) is 0 Å². The van der Waals surface area contributed by atoms with Crippen LogP contribution >= 0.6 is 0 Å². The molecular formula is C14H15N5O2. The minimum atomic E-state index is -0.479. The van der Waals surface area contributed by atoms with Gasteiger partial charge in [-0.3, -0.25) is 4.79 Å². The molecule has 3 aromatic heterocycles. The summed E-state index contributed by atoms with van der Waals surface area (Å²) in [6, 6.07) is 5.46. The number of amides is 1. The van der Waals surface area contributed by atoms with Crippen LogP contribution in [0.5, 0.6) is 0 Å². The van der Waals surface area contributed by atoms with E-state index in [2.05, 4.69) is 15.1 Å². The molecule has 0 unspecified atom stereocenters. The van der Waals surface area contributed by atoms with Gasteiger partial charge in [-0.25, -0.2) is 4.98 Å². The molecule has 3 rings (SSSR count). The summed E-state index contributed by atoms with van der Waals surface area (Å²) < 4.78 is 6.94. The highest BCUT2D eigenvalue weighted by molar-refractivity contribution is 5.96. The van der Waals surface area contributed by atoms with E-state index in [1.54, 1.807) is 16.8 Å². The molecule has 7 heteroatoms. The summed E-state index contributed by atoms with van der Waals surface area (Å²) in [6.45, 7) is 2.47. The Hall–Kier alpha value is -2.70. The van der Waals surface area contributed by atoms with Crippen LogP contribution in [0, 0.1) is 0 Å². The number of fused-ring (bicyclic) bond motifs is 1. The average Bonchev–Trinajstić information content (AvgIpc) is 3.09. The molecule has 0 fully saturated rings. The number of carbonyl (C=O) groups excluding carboxylic acids is 1. The quantitative estimate of drug-likeness (QED) is 0.762. The lowest BCUT2D eigenvalue weighted by Crippen LogP contribution is -2.17. The number of nitrogens with zero attached hydrogens (tertiary/aromatic N) is 4.